The first kappa shape index (κ1) is 16.9. The van der Waals surface area contributed by atoms with Gasteiger partial charge in [-0.2, -0.15) is 0 Å². The molecule has 1 aliphatic rings. The van der Waals surface area contributed by atoms with Crippen LogP contribution in [0, 0.1) is 5.82 Å². The molecule has 0 aromatic heterocycles. The number of rotatable bonds is 4. The molecule has 1 aromatic carbocycles. The molecule has 0 heterocycles. The largest absolute Gasteiger partial charge is 0.326 e. The van der Waals surface area contributed by atoms with Gasteiger partial charge in [0.1, 0.15) is 5.82 Å². The molecule has 2 rings (SSSR count). The van der Waals surface area contributed by atoms with Gasteiger partial charge in [-0.25, -0.2) is 4.39 Å². The molecule has 0 aliphatic heterocycles. The predicted molar refractivity (Wildman–Crippen MR) is 89.9 cm³/mol. The first-order valence-electron chi connectivity index (χ1n) is 7.82. The highest BCUT2D eigenvalue weighted by Crippen LogP contribution is 2.35. The van der Waals surface area contributed by atoms with Crippen molar-refractivity contribution < 1.29 is 4.39 Å². The van der Waals surface area contributed by atoms with Crippen molar-refractivity contribution >= 4 is 15.9 Å². The summed E-state index contributed by atoms with van der Waals surface area (Å²) in [5.74, 6) is -0.212. The van der Waals surface area contributed by atoms with E-state index < -0.39 is 0 Å². The number of benzene rings is 1. The van der Waals surface area contributed by atoms with E-state index in [-0.39, 0.29) is 17.4 Å². The third kappa shape index (κ3) is 3.85. The Bertz CT molecular complexity index is 468. The molecule has 21 heavy (non-hydrogen) atoms. The monoisotopic (exact) mass is 356 g/mol. The second-order valence-corrected chi connectivity index (χ2v) is 7.31. The van der Waals surface area contributed by atoms with E-state index >= 15 is 0 Å². The Morgan fingerprint density at radius 3 is 2.38 bits per heavy atom. The quantitative estimate of drug-likeness (QED) is 0.822. The summed E-state index contributed by atoms with van der Waals surface area (Å²) in [4.78, 5) is 2.32. The highest BCUT2D eigenvalue weighted by atomic mass is 79.9. The van der Waals surface area contributed by atoms with Gasteiger partial charge in [-0.05, 0) is 51.1 Å². The van der Waals surface area contributed by atoms with Crippen LogP contribution in [0.1, 0.15) is 44.1 Å². The van der Waals surface area contributed by atoms with Gasteiger partial charge in [0.25, 0.3) is 0 Å². The van der Waals surface area contributed by atoms with Crippen LogP contribution in [0.25, 0.3) is 0 Å². The number of hydrogen-bond donors (Lipinski definition) is 1. The molecule has 2 nitrogen and oxygen atoms in total. The zero-order valence-electron chi connectivity index (χ0n) is 13.0. The molecule has 0 bridgehead atoms. The molecule has 118 valence electrons. The highest BCUT2D eigenvalue weighted by Gasteiger charge is 2.39. The Labute approximate surface area is 136 Å². The van der Waals surface area contributed by atoms with E-state index in [9.17, 15) is 4.39 Å². The van der Waals surface area contributed by atoms with Crippen molar-refractivity contribution in [2.24, 2.45) is 5.73 Å². The average molecular weight is 357 g/mol. The van der Waals surface area contributed by atoms with Gasteiger partial charge in [-0.1, -0.05) is 47.7 Å². The summed E-state index contributed by atoms with van der Waals surface area (Å²) in [5, 5.41) is 0. The minimum Gasteiger partial charge on any atom is -0.326 e. The molecule has 2 N–H and O–H groups in total. The molecule has 0 amide bonds. The minimum atomic E-state index is -0.212. The van der Waals surface area contributed by atoms with Gasteiger partial charge in [0.15, 0.2) is 0 Å². The lowest BCUT2D eigenvalue weighted by Gasteiger charge is -2.44. The maximum absolute atomic E-state index is 13.2. The fraction of sp³-hybridized carbons (Fsp3) is 0.647. The van der Waals surface area contributed by atoms with Crippen LogP contribution in [0.5, 0.6) is 0 Å². The maximum Gasteiger partial charge on any atom is 0.124 e. The minimum absolute atomic E-state index is 0.0598. The third-order valence-electron chi connectivity index (χ3n) is 5.01. The van der Waals surface area contributed by atoms with Crippen LogP contribution in [0.2, 0.25) is 0 Å². The van der Waals surface area contributed by atoms with Crippen LogP contribution in [0.15, 0.2) is 22.7 Å². The number of hydrogen-bond acceptors (Lipinski definition) is 2. The number of nitrogens with zero attached hydrogens (tertiary/aromatic N) is 1. The van der Waals surface area contributed by atoms with Gasteiger partial charge in [-0.15, -0.1) is 0 Å². The predicted octanol–water partition coefficient (Wildman–Crippen LogP) is 4.11. The zero-order chi connectivity index (χ0) is 15.5. The van der Waals surface area contributed by atoms with Crippen molar-refractivity contribution in [3.05, 3.63) is 34.1 Å². The van der Waals surface area contributed by atoms with Gasteiger partial charge >= 0.3 is 0 Å². The lowest BCUT2D eigenvalue weighted by Crippen LogP contribution is -2.58. The summed E-state index contributed by atoms with van der Waals surface area (Å²) in [7, 11) is 4.29. The third-order valence-corrected chi connectivity index (χ3v) is 5.74. The van der Waals surface area contributed by atoms with E-state index in [1.807, 2.05) is 6.07 Å². The van der Waals surface area contributed by atoms with Crippen molar-refractivity contribution in [3.63, 3.8) is 0 Å². The summed E-state index contributed by atoms with van der Waals surface area (Å²) in [5.41, 5.74) is 7.79. The molecular weight excluding hydrogens is 331 g/mol. The molecular formula is C17H26BrFN2. The molecule has 1 fully saturated rings. The van der Waals surface area contributed by atoms with E-state index in [4.69, 9.17) is 5.73 Å². The molecule has 1 saturated carbocycles. The van der Waals surface area contributed by atoms with Crippen LogP contribution >= 0.6 is 15.9 Å². The molecule has 0 saturated heterocycles. The van der Waals surface area contributed by atoms with Crippen LogP contribution in [0.3, 0.4) is 0 Å². The standard InChI is InChI=1S/C17H26BrFN2/c1-21(2)17(9-5-3-4-6-10-17)16(20)11-13-7-8-14(19)12-15(13)18/h7-8,12,16H,3-6,9-11,20H2,1-2H3. The molecule has 1 unspecified atom stereocenters. The van der Waals surface area contributed by atoms with Crippen LogP contribution < -0.4 is 5.73 Å². The summed E-state index contributed by atoms with van der Waals surface area (Å²) < 4.78 is 14.0. The highest BCUT2D eigenvalue weighted by molar-refractivity contribution is 9.10. The Hall–Kier alpha value is -0.450. The van der Waals surface area contributed by atoms with Crippen molar-refractivity contribution in [2.75, 3.05) is 14.1 Å². The van der Waals surface area contributed by atoms with Crippen LogP contribution in [-0.2, 0) is 6.42 Å². The fourth-order valence-electron chi connectivity index (χ4n) is 3.60. The molecule has 1 aliphatic carbocycles. The molecule has 0 radical (unpaired) electrons. The summed E-state index contributed by atoms with van der Waals surface area (Å²) >= 11 is 3.46. The lowest BCUT2D eigenvalue weighted by atomic mass is 9.79. The SMILES string of the molecule is CN(C)C1(C(N)Cc2ccc(F)cc2Br)CCCCCC1. The zero-order valence-corrected chi connectivity index (χ0v) is 14.6. The normalized spacial score (nSPS) is 20.3. The van der Waals surface area contributed by atoms with E-state index in [1.54, 1.807) is 0 Å². The van der Waals surface area contributed by atoms with Gasteiger partial charge < -0.3 is 10.6 Å². The van der Waals surface area contributed by atoms with E-state index in [0.29, 0.717) is 0 Å². The van der Waals surface area contributed by atoms with Gasteiger partial charge in [0.05, 0.1) is 0 Å². The molecule has 4 heteroatoms. The number of likely N-dealkylation sites (N-methyl/N-ethyl adjacent to an activating group) is 1. The topological polar surface area (TPSA) is 29.3 Å². The summed E-state index contributed by atoms with van der Waals surface area (Å²) in [6, 6.07) is 4.95. The summed E-state index contributed by atoms with van der Waals surface area (Å²) in [6.07, 6.45) is 8.19. The smallest absolute Gasteiger partial charge is 0.124 e. The van der Waals surface area contributed by atoms with Gasteiger partial charge in [-0.3, -0.25) is 0 Å². The number of halogens is 2. The Balaban J connectivity index is 2.20. The Kier molecular flexibility index (Phi) is 5.81. The van der Waals surface area contributed by atoms with Crippen LogP contribution in [0.4, 0.5) is 4.39 Å². The average Bonchev–Trinajstić information content (AvgIpc) is 2.68. The van der Waals surface area contributed by atoms with E-state index in [0.717, 1.165) is 29.3 Å². The van der Waals surface area contributed by atoms with Gasteiger partial charge in [0, 0.05) is 16.1 Å². The van der Waals surface area contributed by atoms with Crippen LogP contribution in [-0.4, -0.2) is 30.6 Å². The van der Waals surface area contributed by atoms with Crippen molar-refractivity contribution in [3.8, 4) is 0 Å². The van der Waals surface area contributed by atoms with Crippen molar-refractivity contribution in [2.45, 2.75) is 56.5 Å². The molecule has 1 atom stereocenters. The second-order valence-electron chi connectivity index (χ2n) is 6.46. The number of nitrogens with two attached hydrogens (primary N) is 1. The van der Waals surface area contributed by atoms with Gasteiger partial charge in [0.2, 0.25) is 0 Å². The first-order valence-corrected chi connectivity index (χ1v) is 8.62. The lowest BCUT2D eigenvalue weighted by molar-refractivity contribution is 0.0967. The van der Waals surface area contributed by atoms with Crippen molar-refractivity contribution in [1.82, 2.24) is 4.90 Å². The van der Waals surface area contributed by atoms with E-state index in [1.165, 1.54) is 37.8 Å². The second kappa shape index (κ2) is 7.21. The summed E-state index contributed by atoms with van der Waals surface area (Å²) in [6.45, 7) is 0. The fourth-order valence-corrected chi connectivity index (χ4v) is 4.12. The Morgan fingerprint density at radius 1 is 1.24 bits per heavy atom. The van der Waals surface area contributed by atoms with Crippen molar-refractivity contribution in [1.29, 1.82) is 0 Å². The maximum atomic E-state index is 13.2. The molecule has 1 aromatic rings. The Morgan fingerprint density at radius 2 is 1.86 bits per heavy atom. The first-order chi connectivity index (χ1) is 9.95. The molecule has 0 spiro atoms. The van der Waals surface area contributed by atoms with E-state index in [2.05, 4.69) is 34.9 Å².